The number of anilines is 1. The number of nitrogens with zero attached hydrogens (tertiary/aromatic N) is 2. The second kappa shape index (κ2) is 9.51. The first-order valence-corrected chi connectivity index (χ1v) is 10.7. The molecular weight excluding hydrogens is 402 g/mol. The Kier molecular flexibility index (Phi) is 7.04. The summed E-state index contributed by atoms with van der Waals surface area (Å²) in [5.74, 6) is 0.673. The zero-order valence-electron chi connectivity index (χ0n) is 17.4. The number of ether oxygens (including phenoxy) is 1. The second-order valence-electron chi connectivity index (χ2n) is 7.12. The fourth-order valence-corrected chi connectivity index (χ4v) is 4.01. The molecule has 0 saturated heterocycles. The molecule has 0 saturated carbocycles. The monoisotopic (exact) mass is 429 g/mol. The van der Waals surface area contributed by atoms with Crippen molar-refractivity contribution in [2.75, 3.05) is 12.4 Å². The lowest BCUT2D eigenvalue weighted by Crippen LogP contribution is -2.40. The molecule has 154 valence electrons. The number of hydrogen-bond donors (Lipinski definition) is 1. The third kappa shape index (κ3) is 4.68. The standard InChI is InChI=1S/C23H28ClN3OS/c1-5-16(3)27(23(29)25-20-12-11-18(24)13-22(20)28-4)15-17-14-26(6-2)21-10-8-7-9-19(17)21/h7-14,16H,5-6,15H2,1-4H3,(H,25,29)/t16-/m0/s1. The Morgan fingerprint density at radius 3 is 2.69 bits per heavy atom. The zero-order valence-corrected chi connectivity index (χ0v) is 19.0. The van der Waals surface area contributed by atoms with Gasteiger partial charge in [-0.25, -0.2) is 0 Å². The van der Waals surface area contributed by atoms with Crippen molar-refractivity contribution in [3.8, 4) is 5.75 Å². The maximum Gasteiger partial charge on any atom is 0.174 e. The fourth-order valence-electron chi connectivity index (χ4n) is 3.50. The SMILES string of the molecule is CC[C@H](C)N(Cc1cn(CC)c2ccccc12)C(=S)Nc1ccc(Cl)cc1OC. The fraction of sp³-hybridized carbons (Fsp3) is 0.348. The Hall–Kier alpha value is -2.24. The van der Waals surface area contributed by atoms with Gasteiger partial charge in [-0.1, -0.05) is 36.7 Å². The number of aromatic nitrogens is 1. The molecule has 0 bridgehead atoms. The molecule has 0 aliphatic carbocycles. The van der Waals surface area contributed by atoms with Crippen LogP contribution in [0.15, 0.2) is 48.7 Å². The van der Waals surface area contributed by atoms with Gasteiger partial charge < -0.3 is 19.5 Å². The van der Waals surface area contributed by atoms with Gasteiger partial charge in [-0.05, 0) is 56.2 Å². The summed E-state index contributed by atoms with van der Waals surface area (Å²) >= 11 is 11.9. The Morgan fingerprint density at radius 2 is 2.00 bits per heavy atom. The molecule has 0 fully saturated rings. The van der Waals surface area contributed by atoms with Crippen molar-refractivity contribution in [3.05, 3.63) is 59.2 Å². The van der Waals surface area contributed by atoms with E-state index in [1.807, 2.05) is 12.1 Å². The number of aryl methyl sites for hydroxylation is 1. The number of rotatable bonds is 7. The van der Waals surface area contributed by atoms with Crippen LogP contribution < -0.4 is 10.1 Å². The summed E-state index contributed by atoms with van der Waals surface area (Å²) in [7, 11) is 1.63. The molecule has 6 heteroatoms. The minimum Gasteiger partial charge on any atom is -0.495 e. The van der Waals surface area contributed by atoms with Crippen molar-refractivity contribution >= 4 is 45.5 Å². The average Bonchev–Trinajstić information content (AvgIpc) is 3.10. The minimum absolute atomic E-state index is 0.289. The number of halogens is 1. The maximum atomic E-state index is 6.09. The number of methoxy groups -OCH3 is 1. The summed E-state index contributed by atoms with van der Waals surface area (Å²) in [4.78, 5) is 2.24. The van der Waals surface area contributed by atoms with Gasteiger partial charge in [-0.15, -0.1) is 0 Å². The lowest BCUT2D eigenvalue weighted by Gasteiger charge is -2.31. The summed E-state index contributed by atoms with van der Waals surface area (Å²) < 4.78 is 7.75. The Bertz CT molecular complexity index is 1000. The van der Waals surface area contributed by atoms with E-state index >= 15 is 0 Å². The molecule has 0 aliphatic heterocycles. The number of benzene rings is 2. The van der Waals surface area contributed by atoms with Crippen molar-refractivity contribution < 1.29 is 4.74 Å². The van der Waals surface area contributed by atoms with Gasteiger partial charge in [0.05, 0.1) is 12.8 Å². The van der Waals surface area contributed by atoms with E-state index in [1.54, 1.807) is 13.2 Å². The van der Waals surface area contributed by atoms with Gasteiger partial charge >= 0.3 is 0 Å². The number of fused-ring (bicyclic) bond motifs is 1. The zero-order chi connectivity index (χ0) is 21.0. The van der Waals surface area contributed by atoms with Crippen LogP contribution in [0.3, 0.4) is 0 Å². The summed E-state index contributed by atoms with van der Waals surface area (Å²) in [6, 6.07) is 14.3. The number of nitrogens with one attached hydrogen (secondary N) is 1. The van der Waals surface area contributed by atoms with Gasteiger partial charge in [-0.2, -0.15) is 0 Å². The third-order valence-electron chi connectivity index (χ3n) is 5.34. The second-order valence-corrected chi connectivity index (χ2v) is 7.94. The molecule has 0 aliphatic rings. The normalized spacial score (nSPS) is 12.0. The molecule has 1 atom stereocenters. The average molecular weight is 430 g/mol. The topological polar surface area (TPSA) is 29.4 Å². The van der Waals surface area contributed by atoms with Crippen LogP contribution in [0.1, 0.15) is 32.8 Å². The van der Waals surface area contributed by atoms with Gasteiger partial charge in [0.15, 0.2) is 5.11 Å². The highest BCUT2D eigenvalue weighted by Gasteiger charge is 2.20. The maximum absolute atomic E-state index is 6.09. The lowest BCUT2D eigenvalue weighted by molar-refractivity contribution is 0.320. The first kappa shape index (κ1) is 21.5. The van der Waals surface area contributed by atoms with Crippen LogP contribution in [0.4, 0.5) is 5.69 Å². The summed E-state index contributed by atoms with van der Waals surface area (Å²) in [6.45, 7) is 8.23. The van der Waals surface area contributed by atoms with E-state index in [1.165, 1.54) is 16.5 Å². The van der Waals surface area contributed by atoms with Crippen LogP contribution in [-0.4, -0.2) is 27.7 Å². The first-order valence-electron chi connectivity index (χ1n) is 9.96. The highest BCUT2D eigenvalue weighted by atomic mass is 35.5. The summed E-state index contributed by atoms with van der Waals surface area (Å²) in [5.41, 5.74) is 3.34. The Morgan fingerprint density at radius 1 is 1.24 bits per heavy atom. The predicted octanol–water partition coefficient (Wildman–Crippen LogP) is 6.32. The van der Waals surface area contributed by atoms with Gasteiger partial charge in [-0.3, -0.25) is 0 Å². The lowest BCUT2D eigenvalue weighted by atomic mass is 10.1. The molecule has 0 radical (unpaired) electrons. The van der Waals surface area contributed by atoms with Crippen LogP contribution in [-0.2, 0) is 13.1 Å². The van der Waals surface area contributed by atoms with E-state index in [9.17, 15) is 0 Å². The van der Waals surface area contributed by atoms with Crippen molar-refractivity contribution in [3.63, 3.8) is 0 Å². The molecule has 1 aromatic heterocycles. The Labute approximate surface area is 183 Å². The largest absolute Gasteiger partial charge is 0.495 e. The van der Waals surface area contributed by atoms with E-state index in [2.05, 4.69) is 66.0 Å². The molecule has 0 amide bonds. The van der Waals surface area contributed by atoms with Crippen LogP contribution >= 0.6 is 23.8 Å². The quantitative estimate of drug-likeness (QED) is 0.445. The molecule has 1 heterocycles. The highest BCUT2D eigenvalue weighted by Crippen LogP contribution is 2.29. The number of thiocarbonyl (C=S) groups is 1. The van der Waals surface area contributed by atoms with E-state index in [0.717, 1.165) is 25.2 Å². The molecular formula is C23H28ClN3OS. The van der Waals surface area contributed by atoms with Crippen LogP contribution in [0, 0.1) is 0 Å². The van der Waals surface area contributed by atoms with E-state index in [-0.39, 0.29) is 6.04 Å². The van der Waals surface area contributed by atoms with Crippen LogP contribution in [0.5, 0.6) is 5.75 Å². The molecule has 0 spiro atoms. The number of hydrogen-bond acceptors (Lipinski definition) is 2. The highest BCUT2D eigenvalue weighted by molar-refractivity contribution is 7.80. The van der Waals surface area contributed by atoms with E-state index in [4.69, 9.17) is 28.6 Å². The van der Waals surface area contributed by atoms with Gasteiger partial charge in [0.25, 0.3) is 0 Å². The third-order valence-corrected chi connectivity index (χ3v) is 5.91. The summed E-state index contributed by atoms with van der Waals surface area (Å²) in [6.07, 6.45) is 3.23. The molecule has 1 N–H and O–H groups in total. The van der Waals surface area contributed by atoms with Crippen molar-refractivity contribution in [2.45, 2.75) is 46.3 Å². The summed E-state index contributed by atoms with van der Waals surface area (Å²) in [5, 5.41) is 5.94. The molecule has 0 unspecified atom stereocenters. The molecule has 4 nitrogen and oxygen atoms in total. The molecule has 29 heavy (non-hydrogen) atoms. The van der Waals surface area contributed by atoms with Crippen LogP contribution in [0.2, 0.25) is 5.02 Å². The Balaban J connectivity index is 1.90. The van der Waals surface area contributed by atoms with Crippen molar-refractivity contribution in [1.29, 1.82) is 0 Å². The van der Waals surface area contributed by atoms with Gasteiger partial charge in [0, 0.05) is 47.3 Å². The molecule has 3 rings (SSSR count). The van der Waals surface area contributed by atoms with Crippen molar-refractivity contribution in [1.82, 2.24) is 9.47 Å². The van der Waals surface area contributed by atoms with Crippen LogP contribution in [0.25, 0.3) is 10.9 Å². The molecule has 3 aromatic rings. The van der Waals surface area contributed by atoms with Gasteiger partial charge in [0.1, 0.15) is 5.75 Å². The van der Waals surface area contributed by atoms with E-state index < -0.39 is 0 Å². The number of para-hydroxylation sites is 1. The first-order chi connectivity index (χ1) is 14.0. The predicted molar refractivity (Wildman–Crippen MR) is 127 cm³/mol. The smallest absolute Gasteiger partial charge is 0.174 e. The molecule has 2 aromatic carbocycles. The van der Waals surface area contributed by atoms with Crippen molar-refractivity contribution in [2.24, 2.45) is 0 Å². The van der Waals surface area contributed by atoms with Gasteiger partial charge in [0.2, 0.25) is 0 Å². The minimum atomic E-state index is 0.289. The van der Waals surface area contributed by atoms with E-state index in [0.29, 0.717) is 15.9 Å².